The summed E-state index contributed by atoms with van der Waals surface area (Å²) in [5, 5.41) is 8.36. The standard InChI is InChI=1S/C8H7BrO3S/c9-7-3-2-6(13-7)5(10)1-4-8(11)12/h2-3H,1,4H2,(H,11,12). The Kier molecular flexibility index (Phi) is 3.62. The van der Waals surface area contributed by atoms with E-state index in [4.69, 9.17) is 5.11 Å². The van der Waals surface area contributed by atoms with Crippen molar-refractivity contribution < 1.29 is 14.7 Å². The maximum Gasteiger partial charge on any atom is 0.303 e. The zero-order chi connectivity index (χ0) is 9.84. The van der Waals surface area contributed by atoms with E-state index in [2.05, 4.69) is 15.9 Å². The first-order chi connectivity index (χ1) is 6.09. The van der Waals surface area contributed by atoms with Crippen molar-refractivity contribution in [1.29, 1.82) is 0 Å². The predicted molar refractivity (Wildman–Crippen MR) is 53.2 cm³/mol. The average Bonchev–Trinajstić information content (AvgIpc) is 2.47. The minimum atomic E-state index is -0.941. The van der Waals surface area contributed by atoms with Crippen LogP contribution in [0.4, 0.5) is 0 Å². The molecule has 1 N–H and O–H groups in total. The number of thiophene rings is 1. The number of carbonyl (C=O) groups excluding carboxylic acids is 1. The van der Waals surface area contributed by atoms with Gasteiger partial charge in [-0.15, -0.1) is 11.3 Å². The second-order valence-electron chi connectivity index (χ2n) is 2.42. The molecule has 0 aromatic carbocycles. The van der Waals surface area contributed by atoms with E-state index in [1.807, 2.05) is 0 Å². The Bertz CT molecular complexity index is 332. The first-order valence-electron chi connectivity index (χ1n) is 3.60. The third kappa shape index (κ3) is 3.28. The SMILES string of the molecule is O=C(O)CCC(=O)c1ccc(Br)s1. The molecule has 70 valence electrons. The van der Waals surface area contributed by atoms with Gasteiger partial charge in [0.2, 0.25) is 0 Å². The van der Waals surface area contributed by atoms with Crippen LogP contribution in [0.15, 0.2) is 15.9 Å². The van der Waals surface area contributed by atoms with Gasteiger partial charge in [0.25, 0.3) is 0 Å². The Morgan fingerprint density at radius 3 is 2.54 bits per heavy atom. The van der Waals surface area contributed by atoms with Crippen molar-refractivity contribution in [3.05, 3.63) is 20.8 Å². The summed E-state index contributed by atoms with van der Waals surface area (Å²) >= 11 is 4.55. The van der Waals surface area contributed by atoms with E-state index in [1.54, 1.807) is 12.1 Å². The number of rotatable bonds is 4. The normalized spacial score (nSPS) is 9.92. The first kappa shape index (κ1) is 10.4. The molecule has 1 rings (SSSR count). The zero-order valence-corrected chi connectivity index (χ0v) is 9.02. The van der Waals surface area contributed by atoms with Crippen LogP contribution in [0.3, 0.4) is 0 Å². The lowest BCUT2D eigenvalue weighted by atomic mass is 10.2. The second kappa shape index (κ2) is 4.53. The van der Waals surface area contributed by atoms with Gasteiger partial charge in [0.05, 0.1) is 15.1 Å². The fourth-order valence-corrected chi connectivity index (χ4v) is 2.16. The smallest absolute Gasteiger partial charge is 0.303 e. The molecule has 0 aliphatic rings. The van der Waals surface area contributed by atoms with Gasteiger partial charge in [0.15, 0.2) is 5.78 Å². The summed E-state index contributed by atoms with van der Waals surface area (Å²) in [6, 6.07) is 3.47. The van der Waals surface area contributed by atoms with Crippen LogP contribution in [0.5, 0.6) is 0 Å². The molecule has 1 aromatic rings. The Morgan fingerprint density at radius 2 is 2.08 bits per heavy atom. The fourth-order valence-electron chi connectivity index (χ4n) is 0.808. The second-order valence-corrected chi connectivity index (χ2v) is 4.88. The number of carboxylic acid groups (broad SMARTS) is 1. The van der Waals surface area contributed by atoms with Crippen molar-refractivity contribution in [3.8, 4) is 0 Å². The zero-order valence-electron chi connectivity index (χ0n) is 6.62. The van der Waals surface area contributed by atoms with Crippen molar-refractivity contribution in [2.45, 2.75) is 12.8 Å². The molecule has 0 saturated heterocycles. The van der Waals surface area contributed by atoms with Crippen molar-refractivity contribution >= 4 is 39.0 Å². The van der Waals surface area contributed by atoms with Crippen LogP contribution in [-0.2, 0) is 4.79 Å². The summed E-state index contributed by atoms with van der Waals surface area (Å²) in [5.41, 5.74) is 0. The monoisotopic (exact) mass is 262 g/mol. The molecule has 5 heteroatoms. The van der Waals surface area contributed by atoms with Gasteiger partial charge in [-0.2, -0.15) is 0 Å². The Balaban J connectivity index is 2.54. The molecule has 1 heterocycles. The molecule has 0 bridgehead atoms. The highest BCUT2D eigenvalue weighted by Gasteiger charge is 2.10. The molecule has 0 fully saturated rings. The third-order valence-electron chi connectivity index (χ3n) is 1.41. The molecule has 0 saturated carbocycles. The average molecular weight is 263 g/mol. The molecule has 0 aliphatic heterocycles. The Morgan fingerprint density at radius 1 is 1.38 bits per heavy atom. The minimum Gasteiger partial charge on any atom is -0.481 e. The van der Waals surface area contributed by atoms with Crippen LogP contribution in [-0.4, -0.2) is 16.9 Å². The van der Waals surface area contributed by atoms with E-state index in [-0.39, 0.29) is 18.6 Å². The van der Waals surface area contributed by atoms with Crippen molar-refractivity contribution in [2.75, 3.05) is 0 Å². The summed E-state index contributed by atoms with van der Waals surface area (Å²) in [6.07, 6.45) is -0.0311. The fraction of sp³-hybridized carbons (Fsp3) is 0.250. The molecule has 0 aliphatic carbocycles. The van der Waals surface area contributed by atoms with E-state index in [1.165, 1.54) is 11.3 Å². The first-order valence-corrected chi connectivity index (χ1v) is 5.21. The third-order valence-corrected chi connectivity index (χ3v) is 3.08. The number of Topliss-reactive ketones (excluding diaryl/α,β-unsaturated/α-hetero) is 1. The molecule has 1 aromatic heterocycles. The van der Waals surface area contributed by atoms with Crippen LogP contribution in [0.25, 0.3) is 0 Å². The maximum atomic E-state index is 11.3. The minimum absolute atomic E-state index is 0.0717. The lowest BCUT2D eigenvalue weighted by Crippen LogP contribution is -2.01. The number of halogens is 1. The Hall–Kier alpha value is -0.680. The van der Waals surface area contributed by atoms with Crippen LogP contribution in [0.2, 0.25) is 0 Å². The van der Waals surface area contributed by atoms with Gasteiger partial charge in [-0.05, 0) is 28.1 Å². The molecule has 0 atom stereocenters. The van der Waals surface area contributed by atoms with Gasteiger partial charge in [-0.3, -0.25) is 9.59 Å². The van der Waals surface area contributed by atoms with Gasteiger partial charge in [0, 0.05) is 6.42 Å². The summed E-state index contributed by atoms with van der Waals surface area (Å²) in [5.74, 6) is -1.05. The number of carbonyl (C=O) groups is 2. The molecule has 0 spiro atoms. The van der Waals surface area contributed by atoms with Crippen molar-refractivity contribution in [2.24, 2.45) is 0 Å². The number of aliphatic carboxylic acids is 1. The molecule has 3 nitrogen and oxygen atoms in total. The van der Waals surface area contributed by atoms with Gasteiger partial charge in [0.1, 0.15) is 0 Å². The van der Waals surface area contributed by atoms with Gasteiger partial charge < -0.3 is 5.11 Å². The molecule has 13 heavy (non-hydrogen) atoms. The quantitative estimate of drug-likeness (QED) is 0.849. The van der Waals surface area contributed by atoms with E-state index in [0.717, 1.165) is 3.79 Å². The lowest BCUT2D eigenvalue weighted by molar-refractivity contribution is -0.136. The summed E-state index contributed by atoms with van der Waals surface area (Å²) in [6.45, 7) is 0. The number of hydrogen-bond donors (Lipinski definition) is 1. The number of carboxylic acids is 1. The summed E-state index contributed by atoms with van der Waals surface area (Å²) < 4.78 is 0.881. The highest BCUT2D eigenvalue weighted by Crippen LogP contribution is 2.23. The van der Waals surface area contributed by atoms with Gasteiger partial charge in [-0.25, -0.2) is 0 Å². The highest BCUT2D eigenvalue weighted by atomic mass is 79.9. The van der Waals surface area contributed by atoms with Crippen molar-refractivity contribution in [1.82, 2.24) is 0 Å². The van der Waals surface area contributed by atoms with Gasteiger partial charge in [-0.1, -0.05) is 0 Å². The van der Waals surface area contributed by atoms with E-state index in [9.17, 15) is 9.59 Å². The number of ketones is 1. The lowest BCUT2D eigenvalue weighted by Gasteiger charge is -1.92. The van der Waals surface area contributed by atoms with Crippen molar-refractivity contribution in [3.63, 3.8) is 0 Å². The van der Waals surface area contributed by atoms with E-state index >= 15 is 0 Å². The van der Waals surface area contributed by atoms with Crippen LogP contribution >= 0.6 is 27.3 Å². The number of hydrogen-bond acceptors (Lipinski definition) is 3. The van der Waals surface area contributed by atoms with Crippen LogP contribution in [0, 0.1) is 0 Å². The molecular formula is C8H7BrO3S. The molecular weight excluding hydrogens is 256 g/mol. The van der Waals surface area contributed by atoms with Gasteiger partial charge >= 0.3 is 5.97 Å². The topological polar surface area (TPSA) is 54.4 Å². The molecule has 0 unspecified atom stereocenters. The van der Waals surface area contributed by atoms with E-state index < -0.39 is 5.97 Å². The maximum absolute atomic E-state index is 11.3. The summed E-state index contributed by atoms with van der Waals surface area (Å²) in [4.78, 5) is 22.1. The highest BCUT2D eigenvalue weighted by molar-refractivity contribution is 9.11. The molecule has 0 amide bonds. The Labute approximate surface area is 87.5 Å². The predicted octanol–water partition coefficient (Wildman–Crippen LogP) is 2.56. The van der Waals surface area contributed by atoms with Crippen LogP contribution in [0.1, 0.15) is 22.5 Å². The largest absolute Gasteiger partial charge is 0.481 e. The van der Waals surface area contributed by atoms with Crippen LogP contribution < -0.4 is 0 Å². The van der Waals surface area contributed by atoms with E-state index in [0.29, 0.717) is 4.88 Å². The summed E-state index contributed by atoms with van der Waals surface area (Å²) in [7, 11) is 0. The molecule has 0 radical (unpaired) electrons.